The monoisotopic (exact) mass is 419 g/mol. The molecule has 1 atom stereocenters. The van der Waals surface area contributed by atoms with Gasteiger partial charge in [0.25, 0.3) is 0 Å². The summed E-state index contributed by atoms with van der Waals surface area (Å²) in [6.45, 7) is 5.19. The molecule has 160 valence electrons. The number of aryl methyl sites for hydroxylation is 2. The maximum atomic E-state index is 12.7. The highest BCUT2D eigenvalue weighted by atomic mass is 32.2. The van der Waals surface area contributed by atoms with Gasteiger partial charge in [0, 0.05) is 37.3 Å². The molecule has 0 bridgehead atoms. The van der Waals surface area contributed by atoms with Gasteiger partial charge in [-0.25, -0.2) is 9.97 Å². The molecule has 29 heavy (non-hydrogen) atoms. The van der Waals surface area contributed by atoms with Gasteiger partial charge in [-0.05, 0) is 63.9 Å². The van der Waals surface area contributed by atoms with Crippen molar-refractivity contribution in [2.24, 2.45) is 0 Å². The molecule has 2 N–H and O–H groups in total. The number of nitrogens with one attached hydrogen (secondary N) is 2. The van der Waals surface area contributed by atoms with Gasteiger partial charge >= 0.3 is 0 Å². The molecule has 2 amide bonds. The second-order valence-electron chi connectivity index (χ2n) is 8.03. The Morgan fingerprint density at radius 1 is 1.21 bits per heavy atom. The van der Waals surface area contributed by atoms with Crippen LogP contribution < -0.4 is 15.5 Å². The van der Waals surface area contributed by atoms with Gasteiger partial charge in [0.15, 0.2) is 0 Å². The maximum absolute atomic E-state index is 12.7. The van der Waals surface area contributed by atoms with Crippen molar-refractivity contribution in [1.29, 1.82) is 0 Å². The highest BCUT2D eigenvalue weighted by Crippen LogP contribution is 2.29. The summed E-state index contributed by atoms with van der Waals surface area (Å²) in [5.41, 5.74) is 2.55. The molecular weight excluding hydrogens is 386 g/mol. The second kappa shape index (κ2) is 10.3. The normalized spacial score (nSPS) is 18.1. The van der Waals surface area contributed by atoms with E-state index < -0.39 is 6.04 Å². The number of piperidine rings is 1. The standard InChI is InChI=1S/C21H33N5O2S/c1-14-22-18-7-5-4-6-17(18)20(23-14)26-11-8-16(9-12-26)25-21(28)19(10-13-29-3)24-15(2)27/h16,19H,4-13H2,1-3H3,(H,24,27)(H,25,28)/t19-/m1/s1. The molecule has 0 radical (unpaired) electrons. The van der Waals surface area contributed by atoms with E-state index >= 15 is 0 Å². The van der Waals surface area contributed by atoms with Crippen LogP contribution in [-0.4, -0.2) is 59.0 Å². The van der Waals surface area contributed by atoms with Crippen LogP contribution in [0, 0.1) is 6.92 Å². The number of fused-ring (bicyclic) bond motifs is 1. The fourth-order valence-corrected chi connectivity index (χ4v) is 4.71. The molecule has 7 nitrogen and oxygen atoms in total. The third-order valence-electron chi connectivity index (χ3n) is 5.72. The van der Waals surface area contributed by atoms with Crippen LogP contribution in [0.25, 0.3) is 0 Å². The van der Waals surface area contributed by atoms with Crippen LogP contribution in [0.4, 0.5) is 5.82 Å². The van der Waals surface area contributed by atoms with Gasteiger partial charge in [-0.1, -0.05) is 0 Å². The van der Waals surface area contributed by atoms with Gasteiger partial charge in [-0.3, -0.25) is 9.59 Å². The lowest BCUT2D eigenvalue weighted by Gasteiger charge is -2.35. The molecule has 1 saturated heterocycles. The first kappa shape index (κ1) is 21.9. The number of anilines is 1. The van der Waals surface area contributed by atoms with Gasteiger partial charge in [-0.15, -0.1) is 0 Å². The summed E-state index contributed by atoms with van der Waals surface area (Å²) in [6.07, 6.45) is 8.97. The lowest BCUT2D eigenvalue weighted by Crippen LogP contribution is -2.52. The van der Waals surface area contributed by atoms with E-state index in [1.807, 2.05) is 13.2 Å². The van der Waals surface area contributed by atoms with E-state index in [2.05, 4.69) is 20.5 Å². The zero-order chi connectivity index (χ0) is 20.8. The first-order valence-corrected chi connectivity index (χ1v) is 12.0. The first-order chi connectivity index (χ1) is 14.0. The highest BCUT2D eigenvalue weighted by Gasteiger charge is 2.28. The summed E-state index contributed by atoms with van der Waals surface area (Å²) in [5, 5.41) is 5.94. The van der Waals surface area contributed by atoms with Crippen molar-refractivity contribution in [2.45, 2.75) is 70.9 Å². The molecule has 1 aromatic rings. The number of amides is 2. The van der Waals surface area contributed by atoms with E-state index in [-0.39, 0.29) is 17.9 Å². The Morgan fingerprint density at radius 2 is 1.93 bits per heavy atom. The first-order valence-electron chi connectivity index (χ1n) is 10.7. The second-order valence-corrected chi connectivity index (χ2v) is 9.02. The summed E-state index contributed by atoms with van der Waals surface area (Å²) in [5.74, 6) is 2.57. The van der Waals surface area contributed by atoms with Gasteiger partial charge < -0.3 is 15.5 Å². The number of carbonyl (C=O) groups is 2. The molecule has 0 spiro atoms. The van der Waals surface area contributed by atoms with Crippen molar-refractivity contribution in [3.63, 3.8) is 0 Å². The molecule has 1 aliphatic heterocycles. The fourth-order valence-electron chi connectivity index (χ4n) is 4.24. The van der Waals surface area contributed by atoms with Crippen LogP contribution >= 0.6 is 11.8 Å². The third-order valence-corrected chi connectivity index (χ3v) is 6.36. The Bertz CT molecular complexity index is 734. The minimum atomic E-state index is -0.450. The van der Waals surface area contributed by atoms with Crippen molar-refractivity contribution in [2.75, 3.05) is 30.0 Å². The van der Waals surface area contributed by atoms with Crippen LogP contribution in [0.2, 0.25) is 0 Å². The van der Waals surface area contributed by atoms with Crippen LogP contribution in [-0.2, 0) is 22.4 Å². The Hall–Kier alpha value is -1.83. The summed E-state index contributed by atoms with van der Waals surface area (Å²) in [7, 11) is 0. The summed E-state index contributed by atoms with van der Waals surface area (Å²) in [4.78, 5) is 35.9. The molecule has 0 saturated carbocycles. The molecule has 2 aliphatic rings. The summed E-state index contributed by atoms with van der Waals surface area (Å²) in [6, 6.07) is -0.308. The number of carbonyl (C=O) groups excluding carboxylic acids is 2. The minimum Gasteiger partial charge on any atom is -0.356 e. The predicted molar refractivity (Wildman–Crippen MR) is 117 cm³/mol. The van der Waals surface area contributed by atoms with Crippen molar-refractivity contribution < 1.29 is 9.59 Å². The molecule has 2 heterocycles. The quantitative estimate of drug-likeness (QED) is 0.703. The number of rotatable bonds is 7. The van der Waals surface area contributed by atoms with Crippen LogP contribution in [0.5, 0.6) is 0 Å². The van der Waals surface area contributed by atoms with Crippen molar-refractivity contribution >= 4 is 29.4 Å². The van der Waals surface area contributed by atoms with Gasteiger partial charge in [0.2, 0.25) is 11.8 Å². The summed E-state index contributed by atoms with van der Waals surface area (Å²) < 4.78 is 0. The van der Waals surface area contributed by atoms with Gasteiger partial charge in [0.05, 0.1) is 0 Å². The van der Waals surface area contributed by atoms with E-state index in [0.29, 0.717) is 6.42 Å². The van der Waals surface area contributed by atoms with E-state index in [1.165, 1.54) is 31.0 Å². The molecule has 1 aromatic heterocycles. The summed E-state index contributed by atoms with van der Waals surface area (Å²) >= 11 is 1.68. The SMILES string of the molecule is CSCC[C@@H](NC(C)=O)C(=O)NC1CCN(c2nc(C)nc3c2CCCC3)CC1. The van der Waals surface area contributed by atoms with Crippen LogP contribution in [0.15, 0.2) is 0 Å². The van der Waals surface area contributed by atoms with Crippen LogP contribution in [0.3, 0.4) is 0 Å². The zero-order valence-corrected chi connectivity index (χ0v) is 18.6. The number of aromatic nitrogens is 2. The highest BCUT2D eigenvalue weighted by molar-refractivity contribution is 7.98. The molecule has 0 unspecified atom stereocenters. The average Bonchev–Trinajstić information content (AvgIpc) is 2.70. The van der Waals surface area contributed by atoms with Gasteiger partial charge in [0.1, 0.15) is 17.7 Å². The van der Waals surface area contributed by atoms with Crippen molar-refractivity contribution in [1.82, 2.24) is 20.6 Å². The van der Waals surface area contributed by atoms with E-state index in [1.54, 1.807) is 11.8 Å². The molecular formula is C21H33N5O2S. The van der Waals surface area contributed by atoms with Gasteiger partial charge in [-0.2, -0.15) is 11.8 Å². The molecule has 8 heteroatoms. The average molecular weight is 420 g/mol. The Labute approximate surface area is 177 Å². The Morgan fingerprint density at radius 3 is 2.62 bits per heavy atom. The molecule has 1 fully saturated rings. The third kappa shape index (κ3) is 5.84. The molecule has 0 aromatic carbocycles. The minimum absolute atomic E-state index is 0.0667. The smallest absolute Gasteiger partial charge is 0.242 e. The maximum Gasteiger partial charge on any atom is 0.242 e. The lowest BCUT2D eigenvalue weighted by atomic mass is 9.95. The topological polar surface area (TPSA) is 87.2 Å². The number of nitrogens with zero attached hydrogens (tertiary/aromatic N) is 3. The van der Waals surface area contributed by atoms with Crippen molar-refractivity contribution in [3.05, 3.63) is 17.1 Å². The number of hydrogen-bond donors (Lipinski definition) is 2. The zero-order valence-electron chi connectivity index (χ0n) is 17.8. The van der Waals surface area contributed by atoms with E-state index in [9.17, 15) is 9.59 Å². The van der Waals surface area contributed by atoms with Crippen LogP contribution in [0.1, 0.15) is 56.1 Å². The fraction of sp³-hybridized carbons (Fsp3) is 0.714. The van der Waals surface area contributed by atoms with Crippen molar-refractivity contribution in [3.8, 4) is 0 Å². The molecule has 3 rings (SSSR count). The predicted octanol–water partition coefficient (Wildman–Crippen LogP) is 2.01. The number of hydrogen-bond acceptors (Lipinski definition) is 6. The molecule has 1 aliphatic carbocycles. The van der Waals surface area contributed by atoms with E-state index in [0.717, 1.165) is 56.2 Å². The lowest BCUT2D eigenvalue weighted by molar-refractivity contribution is -0.128. The Balaban J connectivity index is 1.58. The number of thioether (sulfide) groups is 1. The van der Waals surface area contributed by atoms with E-state index in [4.69, 9.17) is 4.98 Å². The Kier molecular flexibility index (Phi) is 7.75. The largest absolute Gasteiger partial charge is 0.356 e.